The van der Waals surface area contributed by atoms with Crippen molar-refractivity contribution in [1.82, 2.24) is 10.2 Å². The van der Waals surface area contributed by atoms with Crippen LogP contribution in [0.5, 0.6) is 0 Å². The number of nitrogens with zero attached hydrogens (tertiary/aromatic N) is 1. The van der Waals surface area contributed by atoms with Gasteiger partial charge in [0.15, 0.2) is 0 Å². The van der Waals surface area contributed by atoms with Crippen molar-refractivity contribution in [1.29, 1.82) is 0 Å². The number of hydrogen-bond donors (Lipinski definition) is 1. The van der Waals surface area contributed by atoms with Crippen molar-refractivity contribution in [3.8, 4) is 0 Å². The Morgan fingerprint density at radius 1 is 1.35 bits per heavy atom. The number of piperidine rings is 1. The zero-order chi connectivity index (χ0) is 14.7. The molecule has 0 unspecified atom stereocenters. The molecule has 110 valence electrons. The van der Waals surface area contributed by atoms with Gasteiger partial charge in [0, 0.05) is 25.0 Å². The van der Waals surface area contributed by atoms with Gasteiger partial charge >= 0.3 is 0 Å². The summed E-state index contributed by atoms with van der Waals surface area (Å²) in [6.07, 6.45) is 3.14. The van der Waals surface area contributed by atoms with Crippen LogP contribution in [-0.4, -0.2) is 35.8 Å². The van der Waals surface area contributed by atoms with E-state index in [1.807, 2.05) is 18.7 Å². The molecule has 0 aliphatic carbocycles. The lowest BCUT2D eigenvalue weighted by molar-refractivity contribution is -0.135. The normalized spacial score (nSPS) is 16.5. The monoisotopic (exact) mass is 278 g/mol. The van der Waals surface area contributed by atoms with Crippen LogP contribution in [0.15, 0.2) is 16.7 Å². The highest BCUT2D eigenvalue weighted by Crippen LogP contribution is 2.15. The van der Waals surface area contributed by atoms with Crippen LogP contribution in [0.3, 0.4) is 0 Å². The lowest BCUT2D eigenvalue weighted by atomic mass is 10.0. The lowest BCUT2D eigenvalue weighted by Crippen LogP contribution is -2.47. The fourth-order valence-electron chi connectivity index (χ4n) is 2.49. The molecule has 1 N–H and O–H groups in total. The summed E-state index contributed by atoms with van der Waals surface area (Å²) in [6, 6.07) is 1.82. The Kier molecular flexibility index (Phi) is 4.47. The van der Waals surface area contributed by atoms with Crippen LogP contribution >= 0.6 is 0 Å². The van der Waals surface area contributed by atoms with E-state index in [-0.39, 0.29) is 23.8 Å². The predicted octanol–water partition coefficient (Wildman–Crippen LogP) is 1.96. The summed E-state index contributed by atoms with van der Waals surface area (Å²) in [5, 5.41) is 3.01. The summed E-state index contributed by atoms with van der Waals surface area (Å²) >= 11 is 0. The minimum atomic E-state index is -0.0927. The first-order chi connectivity index (χ1) is 9.49. The molecule has 0 radical (unpaired) electrons. The van der Waals surface area contributed by atoms with E-state index in [0.29, 0.717) is 24.4 Å². The van der Waals surface area contributed by atoms with Gasteiger partial charge in [0.05, 0.1) is 11.8 Å². The van der Waals surface area contributed by atoms with Gasteiger partial charge in [-0.05, 0) is 25.8 Å². The van der Waals surface area contributed by atoms with E-state index in [9.17, 15) is 9.59 Å². The number of likely N-dealkylation sites (tertiary alicyclic amines) is 1. The van der Waals surface area contributed by atoms with Gasteiger partial charge in [0.25, 0.3) is 5.91 Å². The van der Waals surface area contributed by atoms with Crippen molar-refractivity contribution in [2.75, 3.05) is 13.1 Å². The maximum absolute atomic E-state index is 12.1. The number of aryl methyl sites for hydroxylation is 1. The van der Waals surface area contributed by atoms with Gasteiger partial charge in [0.1, 0.15) is 5.76 Å². The zero-order valence-corrected chi connectivity index (χ0v) is 12.3. The molecule has 5 nitrogen and oxygen atoms in total. The first-order valence-electron chi connectivity index (χ1n) is 7.12. The summed E-state index contributed by atoms with van der Waals surface area (Å²) in [5.41, 5.74) is 0.589. The average Bonchev–Trinajstić information content (AvgIpc) is 2.85. The van der Waals surface area contributed by atoms with Gasteiger partial charge in [-0.25, -0.2) is 0 Å². The smallest absolute Gasteiger partial charge is 0.255 e. The molecule has 1 saturated heterocycles. The van der Waals surface area contributed by atoms with E-state index in [2.05, 4.69) is 5.32 Å². The standard InChI is InChI=1S/C15H22N2O3/c1-10(2)15(19)17-7-4-12(5-8-17)16-14(18)13-6-9-20-11(13)3/h6,9-10,12H,4-5,7-8H2,1-3H3,(H,16,18). The summed E-state index contributed by atoms with van der Waals surface area (Å²) < 4.78 is 5.14. The molecule has 0 atom stereocenters. The van der Waals surface area contributed by atoms with Crippen LogP contribution in [0.25, 0.3) is 0 Å². The van der Waals surface area contributed by atoms with Crippen LogP contribution in [0, 0.1) is 12.8 Å². The Hall–Kier alpha value is -1.78. The molecule has 0 aromatic carbocycles. The number of rotatable bonds is 3. The number of carbonyl (C=O) groups is 2. The number of amides is 2. The van der Waals surface area contributed by atoms with Crippen LogP contribution in [0.1, 0.15) is 42.8 Å². The van der Waals surface area contributed by atoms with Crippen molar-refractivity contribution in [2.24, 2.45) is 5.92 Å². The fourth-order valence-corrected chi connectivity index (χ4v) is 2.49. The van der Waals surface area contributed by atoms with Crippen LogP contribution in [0.4, 0.5) is 0 Å². The zero-order valence-electron chi connectivity index (χ0n) is 12.3. The highest BCUT2D eigenvalue weighted by atomic mass is 16.3. The second-order valence-corrected chi connectivity index (χ2v) is 5.62. The van der Waals surface area contributed by atoms with E-state index >= 15 is 0 Å². The van der Waals surface area contributed by atoms with E-state index < -0.39 is 0 Å². The molecule has 1 aliphatic rings. The highest BCUT2D eigenvalue weighted by Gasteiger charge is 2.25. The minimum Gasteiger partial charge on any atom is -0.469 e. The molecule has 0 bridgehead atoms. The molecular formula is C15H22N2O3. The molecular weight excluding hydrogens is 256 g/mol. The van der Waals surface area contributed by atoms with Gasteiger partial charge in [-0.1, -0.05) is 13.8 Å². The minimum absolute atomic E-state index is 0.0368. The third-order valence-corrected chi connectivity index (χ3v) is 3.74. The molecule has 0 saturated carbocycles. The topological polar surface area (TPSA) is 62.6 Å². The molecule has 20 heavy (non-hydrogen) atoms. The number of carbonyl (C=O) groups excluding carboxylic acids is 2. The fraction of sp³-hybridized carbons (Fsp3) is 0.600. The summed E-state index contributed by atoms with van der Waals surface area (Å²) in [4.78, 5) is 25.8. The van der Waals surface area contributed by atoms with E-state index in [4.69, 9.17) is 4.42 Å². The highest BCUT2D eigenvalue weighted by molar-refractivity contribution is 5.95. The third kappa shape index (κ3) is 3.21. The molecule has 2 amide bonds. The predicted molar refractivity (Wildman–Crippen MR) is 75.4 cm³/mol. The summed E-state index contributed by atoms with van der Waals surface area (Å²) in [5.74, 6) is 0.773. The lowest BCUT2D eigenvalue weighted by Gasteiger charge is -2.33. The van der Waals surface area contributed by atoms with Crippen molar-refractivity contribution in [3.05, 3.63) is 23.7 Å². The molecule has 2 heterocycles. The molecule has 1 aromatic heterocycles. The average molecular weight is 278 g/mol. The van der Waals surface area contributed by atoms with Gasteiger partial charge < -0.3 is 14.6 Å². The number of nitrogens with one attached hydrogen (secondary N) is 1. The van der Waals surface area contributed by atoms with Crippen LogP contribution in [-0.2, 0) is 4.79 Å². The first-order valence-corrected chi connectivity index (χ1v) is 7.12. The van der Waals surface area contributed by atoms with Gasteiger partial charge in [0.2, 0.25) is 5.91 Å². The van der Waals surface area contributed by atoms with Crippen molar-refractivity contribution < 1.29 is 14.0 Å². The molecule has 1 fully saturated rings. The second-order valence-electron chi connectivity index (χ2n) is 5.62. The first kappa shape index (κ1) is 14.6. The summed E-state index contributed by atoms with van der Waals surface area (Å²) in [7, 11) is 0. The Labute approximate surface area is 119 Å². The Morgan fingerprint density at radius 3 is 2.50 bits per heavy atom. The Bertz CT molecular complexity index is 485. The van der Waals surface area contributed by atoms with Crippen LogP contribution < -0.4 is 5.32 Å². The second kappa shape index (κ2) is 6.11. The maximum atomic E-state index is 12.1. The maximum Gasteiger partial charge on any atom is 0.255 e. The van der Waals surface area contributed by atoms with E-state index in [1.165, 1.54) is 6.26 Å². The quantitative estimate of drug-likeness (QED) is 0.919. The summed E-state index contributed by atoms with van der Waals surface area (Å²) in [6.45, 7) is 7.03. The Morgan fingerprint density at radius 2 is 2.00 bits per heavy atom. The van der Waals surface area contributed by atoms with E-state index in [1.54, 1.807) is 13.0 Å². The van der Waals surface area contributed by atoms with Gasteiger partial charge in [-0.2, -0.15) is 0 Å². The largest absolute Gasteiger partial charge is 0.469 e. The third-order valence-electron chi connectivity index (χ3n) is 3.74. The van der Waals surface area contributed by atoms with Crippen molar-refractivity contribution in [3.63, 3.8) is 0 Å². The molecule has 1 aliphatic heterocycles. The Balaban J connectivity index is 1.84. The molecule has 2 rings (SSSR count). The number of furan rings is 1. The van der Waals surface area contributed by atoms with Crippen molar-refractivity contribution >= 4 is 11.8 Å². The molecule has 5 heteroatoms. The van der Waals surface area contributed by atoms with E-state index in [0.717, 1.165) is 12.8 Å². The van der Waals surface area contributed by atoms with Crippen LogP contribution in [0.2, 0.25) is 0 Å². The molecule has 0 spiro atoms. The van der Waals surface area contributed by atoms with Gasteiger partial charge in [-0.15, -0.1) is 0 Å². The van der Waals surface area contributed by atoms with Crippen molar-refractivity contribution in [2.45, 2.75) is 39.7 Å². The molecule has 1 aromatic rings. The number of hydrogen-bond acceptors (Lipinski definition) is 3. The SMILES string of the molecule is Cc1occc1C(=O)NC1CCN(C(=O)C(C)C)CC1. The van der Waals surface area contributed by atoms with Gasteiger partial charge in [-0.3, -0.25) is 9.59 Å².